The van der Waals surface area contributed by atoms with E-state index in [4.69, 9.17) is 13.2 Å². The maximum atomic E-state index is 4.89. The van der Waals surface area contributed by atoms with Crippen LogP contribution in [-0.4, -0.2) is 31.2 Å². The average molecular weight is 786 g/mol. The van der Waals surface area contributed by atoms with Crippen LogP contribution in [0, 0.1) is 34.5 Å². The van der Waals surface area contributed by atoms with Crippen molar-refractivity contribution in [3.8, 4) is 0 Å². The van der Waals surface area contributed by atoms with Gasteiger partial charge >= 0.3 is 0 Å². The molecule has 57 heavy (non-hydrogen) atoms. The minimum atomic E-state index is 0.0200. The molecule has 0 saturated heterocycles. The van der Waals surface area contributed by atoms with Gasteiger partial charge in [-0.1, -0.05) is 165 Å². The first-order valence-corrected chi connectivity index (χ1v) is 22.4. The molecule has 2 rings (SSSR count). The highest BCUT2D eigenvalue weighted by Gasteiger charge is 2.60. The zero-order valence-corrected chi connectivity index (χ0v) is 39.6. The quantitative estimate of drug-likeness (QED) is 0.0424. The summed E-state index contributed by atoms with van der Waals surface area (Å²) < 4.78 is 0. The van der Waals surface area contributed by atoms with Gasteiger partial charge in [-0.05, 0) is 97.7 Å². The zero-order chi connectivity index (χ0) is 44.1. The third kappa shape index (κ3) is 16.3. The molecule has 0 amide bonds. The van der Waals surface area contributed by atoms with Gasteiger partial charge in [0.25, 0.3) is 0 Å². The molecule has 0 aromatic carbocycles. The Kier molecular flexibility index (Phi) is 24.7. The van der Waals surface area contributed by atoms with Crippen molar-refractivity contribution in [3.05, 3.63) is 122 Å². The maximum absolute atomic E-state index is 4.89. The van der Waals surface area contributed by atoms with Crippen LogP contribution in [0.25, 0.3) is 0 Å². The third-order valence-electron chi connectivity index (χ3n) is 11.9. The summed E-state index contributed by atoms with van der Waals surface area (Å²) >= 11 is 0. The van der Waals surface area contributed by atoms with Crippen molar-refractivity contribution in [2.24, 2.45) is 34.5 Å². The normalized spacial score (nSPS) is 20.2. The van der Waals surface area contributed by atoms with Crippen LogP contribution in [0.15, 0.2) is 122 Å². The van der Waals surface area contributed by atoms with E-state index < -0.39 is 0 Å². The zero-order valence-electron chi connectivity index (χ0n) is 39.6. The first kappa shape index (κ1) is 53.4. The number of allylic oxidation sites excluding steroid dienone is 7. The highest BCUT2D eigenvalue weighted by Crippen LogP contribution is 2.65. The van der Waals surface area contributed by atoms with Crippen molar-refractivity contribution >= 4 is 0 Å². The second-order valence-electron chi connectivity index (χ2n) is 17.3. The topological polar surface area (TPSA) is 60.1 Å². The molecular formula is C52H91N5. The van der Waals surface area contributed by atoms with Crippen molar-refractivity contribution < 1.29 is 0 Å². The van der Waals surface area contributed by atoms with Crippen LogP contribution in [0.3, 0.4) is 0 Å². The van der Waals surface area contributed by atoms with Gasteiger partial charge in [0.2, 0.25) is 0 Å². The van der Waals surface area contributed by atoms with Crippen LogP contribution < -0.4 is 26.6 Å². The van der Waals surface area contributed by atoms with E-state index in [1.54, 1.807) is 0 Å². The Morgan fingerprint density at radius 1 is 0.860 bits per heavy atom. The van der Waals surface area contributed by atoms with Gasteiger partial charge in [0, 0.05) is 42.1 Å². The Bertz CT molecular complexity index is 1400. The van der Waals surface area contributed by atoms with E-state index in [9.17, 15) is 0 Å². The Morgan fingerprint density at radius 3 is 1.96 bits per heavy atom. The smallest absolute Gasteiger partial charge is 0.0919 e. The molecule has 0 aromatic rings. The van der Waals surface area contributed by atoms with E-state index in [0.29, 0.717) is 24.3 Å². The fourth-order valence-corrected chi connectivity index (χ4v) is 8.81. The molecule has 1 saturated carbocycles. The molecule has 324 valence electrons. The van der Waals surface area contributed by atoms with E-state index in [0.717, 1.165) is 86.4 Å². The van der Waals surface area contributed by atoms with Crippen LogP contribution in [-0.2, 0) is 0 Å². The lowest BCUT2D eigenvalue weighted by Crippen LogP contribution is -2.47. The SMILES string of the molecule is C=CCNC(=C)C(=C)C(CCC)NC(=C)C(CC(=C)C(NC(=C)NC(CCC(=C)NCC)C(C)(C)C)C1CC(C=C)=C(/C=C\C)C1)[C@@H]1[C@H](CC)C1(C)C.CC.CC. The first-order valence-electron chi connectivity index (χ1n) is 22.4. The van der Waals surface area contributed by atoms with Crippen LogP contribution in [0.4, 0.5) is 0 Å². The summed E-state index contributed by atoms with van der Waals surface area (Å²) in [6, 6.07) is 0.277. The van der Waals surface area contributed by atoms with E-state index in [2.05, 4.69) is 141 Å². The van der Waals surface area contributed by atoms with Gasteiger partial charge in [-0.2, -0.15) is 0 Å². The number of hydrogen-bond acceptors (Lipinski definition) is 5. The molecule has 2 aliphatic rings. The maximum Gasteiger partial charge on any atom is 0.0919 e. The first-order chi connectivity index (χ1) is 26.9. The second kappa shape index (κ2) is 26.4. The molecule has 7 atom stereocenters. The lowest BCUT2D eigenvalue weighted by Gasteiger charge is -2.37. The van der Waals surface area contributed by atoms with Crippen LogP contribution >= 0.6 is 0 Å². The summed E-state index contributed by atoms with van der Waals surface area (Å²) in [6.45, 7) is 65.3. The lowest BCUT2D eigenvalue weighted by atomic mass is 9.81. The summed E-state index contributed by atoms with van der Waals surface area (Å²) in [5.41, 5.74) is 8.12. The fourth-order valence-electron chi connectivity index (χ4n) is 8.81. The molecule has 0 spiro atoms. The minimum absolute atomic E-state index is 0.0200. The highest BCUT2D eigenvalue weighted by atomic mass is 15.1. The van der Waals surface area contributed by atoms with Gasteiger partial charge < -0.3 is 26.6 Å². The van der Waals surface area contributed by atoms with Crippen LogP contribution in [0.2, 0.25) is 0 Å². The van der Waals surface area contributed by atoms with E-state index >= 15 is 0 Å². The predicted octanol–water partition coefficient (Wildman–Crippen LogP) is 13.2. The molecule has 5 unspecified atom stereocenters. The van der Waals surface area contributed by atoms with Crippen molar-refractivity contribution in [2.45, 2.75) is 160 Å². The van der Waals surface area contributed by atoms with Gasteiger partial charge in [-0.25, -0.2) is 0 Å². The Morgan fingerprint density at radius 2 is 1.47 bits per heavy atom. The molecule has 0 radical (unpaired) electrons. The number of rotatable bonds is 27. The monoisotopic (exact) mass is 786 g/mol. The molecule has 5 N–H and O–H groups in total. The number of nitrogens with one attached hydrogen (secondary N) is 5. The van der Waals surface area contributed by atoms with Gasteiger partial charge in [0.1, 0.15) is 0 Å². The number of hydrogen-bond donors (Lipinski definition) is 5. The second-order valence-corrected chi connectivity index (χ2v) is 17.3. The summed E-state index contributed by atoms with van der Waals surface area (Å²) in [5.74, 6) is 2.52. The van der Waals surface area contributed by atoms with Gasteiger partial charge in [0.15, 0.2) is 0 Å². The lowest BCUT2D eigenvalue weighted by molar-refractivity contribution is 0.260. The molecule has 0 aliphatic heterocycles. The minimum Gasteiger partial charge on any atom is -0.389 e. The highest BCUT2D eigenvalue weighted by molar-refractivity contribution is 5.39. The molecule has 0 bridgehead atoms. The molecule has 2 aliphatic carbocycles. The average Bonchev–Trinajstić information content (AvgIpc) is 3.49. The third-order valence-corrected chi connectivity index (χ3v) is 11.9. The van der Waals surface area contributed by atoms with E-state index in [1.807, 2.05) is 39.8 Å². The predicted molar refractivity (Wildman–Crippen MR) is 258 cm³/mol. The summed E-state index contributed by atoms with van der Waals surface area (Å²) in [5, 5.41) is 18.4. The summed E-state index contributed by atoms with van der Waals surface area (Å²) in [4.78, 5) is 0. The van der Waals surface area contributed by atoms with Crippen molar-refractivity contribution in [3.63, 3.8) is 0 Å². The van der Waals surface area contributed by atoms with E-state index in [-0.39, 0.29) is 34.9 Å². The van der Waals surface area contributed by atoms with Crippen molar-refractivity contribution in [1.29, 1.82) is 0 Å². The Hall–Kier alpha value is -3.60. The van der Waals surface area contributed by atoms with Crippen molar-refractivity contribution in [2.75, 3.05) is 13.1 Å². The van der Waals surface area contributed by atoms with Gasteiger partial charge in [0.05, 0.1) is 17.9 Å². The molecule has 0 aromatic heterocycles. The molecule has 5 heteroatoms. The van der Waals surface area contributed by atoms with Gasteiger partial charge in [-0.3, -0.25) is 0 Å². The Labute approximate surface area is 354 Å². The van der Waals surface area contributed by atoms with Crippen LogP contribution in [0.5, 0.6) is 0 Å². The fraction of sp³-hybridized carbons (Fsp3) is 0.615. The molecule has 5 nitrogen and oxygen atoms in total. The Balaban J connectivity index is 0.00000758. The van der Waals surface area contributed by atoms with Crippen molar-refractivity contribution in [1.82, 2.24) is 26.6 Å². The largest absolute Gasteiger partial charge is 0.389 e. The van der Waals surface area contributed by atoms with Crippen LogP contribution in [0.1, 0.15) is 141 Å². The molecule has 0 heterocycles. The van der Waals surface area contributed by atoms with E-state index in [1.165, 1.54) is 16.7 Å². The summed E-state index contributed by atoms with van der Waals surface area (Å²) in [7, 11) is 0. The molecular weight excluding hydrogens is 695 g/mol. The standard InChI is InChI=1S/C48H79N5.2C2H6/c1-18-24-39-31-40(30-38(39)21-4)46(53-37(12)52-44(47(13,14)15)27-26-33(8)49-23-6)32(7)29-41(45-42(22-5)48(45,16)17)36(11)51-43(25-19-2)34(9)35(10)50-28-20-3;2*1-2/h18,20-21,24,40-46,49-53H,3-4,7-12,19,22-23,25-31H2,1-2,5-6,13-17H3;2*1-2H3/b24-18-;;/t40?,41?,42-,43?,44?,45+,46?;;/m0../s1. The van der Waals surface area contributed by atoms with Gasteiger partial charge in [-0.15, -0.1) is 6.58 Å². The summed E-state index contributed by atoms with van der Waals surface area (Å²) in [6.07, 6.45) is 16.0. The molecule has 1 fully saturated rings.